The maximum atomic E-state index is 11.9. The van der Waals surface area contributed by atoms with E-state index in [2.05, 4.69) is 21.6 Å². The number of carbonyl (C=O) groups excluding carboxylic acids is 1. The van der Waals surface area contributed by atoms with E-state index in [1.807, 2.05) is 18.2 Å². The fourth-order valence-electron chi connectivity index (χ4n) is 2.21. The van der Waals surface area contributed by atoms with E-state index in [1.165, 1.54) is 16.9 Å². The van der Waals surface area contributed by atoms with E-state index in [-0.39, 0.29) is 12.0 Å². The van der Waals surface area contributed by atoms with Crippen LogP contribution in [0.3, 0.4) is 0 Å². The quantitative estimate of drug-likeness (QED) is 0.932. The van der Waals surface area contributed by atoms with Gasteiger partial charge in [0.25, 0.3) is 0 Å². The molecule has 0 aliphatic carbocycles. The lowest BCUT2D eigenvalue weighted by atomic mass is 9.96. The maximum absolute atomic E-state index is 11.9. The molecular formula is C13H13N3O2S. The molecule has 2 heterocycles. The van der Waals surface area contributed by atoms with Crippen LogP contribution in [0.1, 0.15) is 23.7 Å². The highest BCUT2D eigenvalue weighted by Crippen LogP contribution is 2.29. The zero-order valence-corrected chi connectivity index (χ0v) is 11.0. The molecule has 1 N–H and O–H groups in total. The van der Waals surface area contributed by atoms with Crippen LogP contribution in [-0.2, 0) is 16.0 Å². The Bertz CT molecular complexity index is 571. The van der Waals surface area contributed by atoms with Gasteiger partial charge in [0.1, 0.15) is 5.51 Å². The highest BCUT2D eigenvalue weighted by Gasteiger charge is 2.23. The van der Waals surface area contributed by atoms with Crippen molar-refractivity contribution < 1.29 is 9.53 Å². The van der Waals surface area contributed by atoms with Gasteiger partial charge < -0.3 is 10.1 Å². The van der Waals surface area contributed by atoms with Crippen molar-refractivity contribution in [2.75, 3.05) is 11.9 Å². The molecule has 1 aromatic heterocycles. The number of hydrogen-bond donors (Lipinski definition) is 1. The van der Waals surface area contributed by atoms with Gasteiger partial charge in [0.05, 0.1) is 19.1 Å². The Labute approximate surface area is 114 Å². The van der Waals surface area contributed by atoms with Crippen LogP contribution < -0.4 is 5.32 Å². The third-order valence-corrected chi connectivity index (χ3v) is 3.68. The summed E-state index contributed by atoms with van der Waals surface area (Å²) in [5.41, 5.74) is 3.96. The summed E-state index contributed by atoms with van der Waals surface area (Å²) in [5, 5.41) is 10.7. The zero-order valence-electron chi connectivity index (χ0n) is 10.2. The van der Waals surface area contributed by atoms with E-state index in [9.17, 15) is 4.79 Å². The van der Waals surface area contributed by atoms with Crippen molar-refractivity contribution in [2.45, 2.75) is 18.9 Å². The van der Waals surface area contributed by atoms with Gasteiger partial charge in [-0.2, -0.15) is 0 Å². The molecule has 1 aliphatic heterocycles. The highest BCUT2D eigenvalue weighted by atomic mass is 32.1. The molecule has 5 nitrogen and oxygen atoms in total. The second kappa shape index (κ2) is 5.46. The van der Waals surface area contributed by atoms with Crippen LogP contribution in [0.4, 0.5) is 5.13 Å². The Morgan fingerprint density at radius 1 is 1.47 bits per heavy atom. The Morgan fingerprint density at radius 3 is 3.21 bits per heavy atom. The lowest BCUT2D eigenvalue weighted by molar-refractivity contribution is -0.119. The van der Waals surface area contributed by atoms with Crippen molar-refractivity contribution in [3.8, 4) is 0 Å². The Morgan fingerprint density at radius 2 is 2.37 bits per heavy atom. The van der Waals surface area contributed by atoms with E-state index in [0.717, 1.165) is 12.0 Å². The van der Waals surface area contributed by atoms with Crippen molar-refractivity contribution in [3.63, 3.8) is 0 Å². The molecule has 1 unspecified atom stereocenters. The summed E-state index contributed by atoms with van der Waals surface area (Å²) in [4.78, 5) is 11.9. The summed E-state index contributed by atoms with van der Waals surface area (Å²) in [6, 6.07) is 8.11. The van der Waals surface area contributed by atoms with Crippen molar-refractivity contribution >= 4 is 22.4 Å². The van der Waals surface area contributed by atoms with Crippen LogP contribution in [0.5, 0.6) is 0 Å². The van der Waals surface area contributed by atoms with E-state index in [0.29, 0.717) is 18.2 Å². The fraction of sp³-hybridized carbons (Fsp3) is 0.308. The molecule has 0 saturated carbocycles. The van der Waals surface area contributed by atoms with Crippen molar-refractivity contribution in [3.05, 3.63) is 40.9 Å². The largest absolute Gasteiger partial charge is 0.373 e. The summed E-state index contributed by atoms with van der Waals surface area (Å²) in [7, 11) is 0. The Kier molecular flexibility index (Phi) is 3.52. The molecule has 0 radical (unpaired) electrons. The minimum Gasteiger partial charge on any atom is -0.373 e. The monoisotopic (exact) mass is 275 g/mol. The average molecular weight is 275 g/mol. The number of hydrogen-bond acceptors (Lipinski definition) is 5. The predicted molar refractivity (Wildman–Crippen MR) is 72.0 cm³/mol. The number of benzene rings is 1. The number of nitrogens with one attached hydrogen (secondary N) is 1. The third kappa shape index (κ3) is 2.80. The summed E-state index contributed by atoms with van der Waals surface area (Å²) in [5.74, 6) is -0.0987. The summed E-state index contributed by atoms with van der Waals surface area (Å²) in [6.45, 7) is 0.660. The molecule has 1 atom stereocenters. The van der Waals surface area contributed by atoms with E-state index in [4.69, 9.17) is 4.74 Å². The Balaban J connectivity index is 1.69. The predicted octanol–water partition coefficient (Wildman–Crippen LogP) is 2.18. The van der Waals surface area contributed by atoms with Gasteiger partial charge in [-0.1, -0.05) is 35.6 Å². The first kappa shape index (κ1) is 12.3. The number of ether oxygens (including phenoxy) is 1. The normalized spacial score (nSPS) is 17.8. The molecule has 6 heteroatoms. The fourth-order valence-corrected chi connectivity index (χ4v) is 2.67. The summed E-state index contributed by atoms with van der Waals surface area (Å²) >= 11 is 1.30. The van der Waals surface area contributed by atoms with Crippen LogP contribution in [0.2, 0.25) is 0 Å². The molecule has 3 rings (SSSR count). The SMILES string of the molecule is O=C(CC1OCCc2ccccc21)Nc1nncs1. The van der Waals surface area contributed by atoms with Gasteiger partial charge in [-0.05, 0) is 17.5 Å². The molecule has 0 spiro atoms. The molecule has 19 heavy (non-hydrogen) atoms. The van der Waals surface area contributed by atoms with Crippen molar-refractivity contribution in [2.24, 2.45) is 0 Å². The molecule has 1 amide bonds. The number of fused-ring (bicyclic) bond motifs is 1. The lowest BCUT2D eigenvalue weighted by Gasteiger charge is -2.25. The molecule has 0 bridgehead atoms. The molecule has 0 saturated heterocycles. The van der Waals surface area contributed by atoms with Crippen LogP contribution in [0, 0.1) is 0 Å². The molecular weight excluding hydrogens is 262 g/mol. The van der Waals surface area contributed by atoms with Crippen LogP contribution >= 0.6 is 11.3 Å². The van der Waals surface area contributed by atoms with Crippen molar-refractivity contribution in [1.29, 1.82) is 0 Å². The minimum absolute atomic E-state index is 0.0987. The number of carbonyl (C=O) groups is 1. The first-order chi connectivity index (χ1) is 9.33. The highest BCUT2D eigenvalue weighted by molar-refractivity contribution is 7.13. The summed E-state index contributed by atoms with van der Waals surface area (Å²) in [6.07, 6.45) is 1.04. The zero-order chi connectivity index (χ0) is 13.1. The number of aromatic nitrogens is 2. The molecule has 2 aromatic rings. The van der Waals surface area contributed by atoms with Crippen LogP contribution in [0.15, 0.2) is 29.8 Å². The van der Waals surface area contributed by atoms with Gasteiger partial charge in [-0.3, -0.25) is 4.79 Å². The van der Waals surface area contributed by atoms with Crippen LogP contribution in [0.25, 0.3) is 0 Å². The van der Waals surface area contributed by atoms with Crippen LogP contribution in [-0.4, -0.2) is 22.7 Å². The van der Waals surface area contributed by atoms with Crippen molar-refractivity contribution in [1.82, 2.24) is 10.2 Å². The third-order valence-electron chi connectivity index (χ3n) is 3.07. The topological polar surface area (TPSA) is 64.1 Å². The summed E-state index contributed by atoms with van der Waals surface area (Å²) < 4.78 is 5.70. The smallest absolute Gasteiger partial charge is 0.229 e. The second-order valence-electron chi connectivity index (χ2n) is 4.30. The molecule has 98 valence electrons. The van der Waals surface area contributed by atoms with Gasteiger partial charge in [0, 0.05) is 0 Å². The number of anilines is 1. The first-order valence-electron chi connectivity index (χ1n) is 6.08. The van der Waals surface area contributed by atoms with E-state index >= 15 is 0 Å². The van der Waals surface area contributed by atoms with Gasteiger partial charge in [0.15, 0.2) is 0 Å². The number of amides is 1. The minimum atomic E-state index is -0.169. The van der Waals surface area contributed by atoms with E-state index < -0.39 is 0 Å². The second-order valence-corrected chi connectivity index (χ2v) is 5.14. The van der Waals surface area contributed by atoms with E-state index in [1.54, 1.807) is 5.51 Å². The van der Waals surface area contributed by atoms with Gasteiger partial charge >= 0.3 is 0 Å². The number of rotatable bonds is 3. The van der Waals surface area contributed by atoms with Gasteiger partial charge in [-0.15, -0.1) is 10.2 Å². The number of nitrogens with zero attached hydrogens (tertiary/aromatic N) is 2. The maximum Gasteiger partial charge on any atom is 0.229 e. The van der Waals surface area contributed by atoms with Gasteiger partial charge in [-0.25, -0.2) is 0 Å². The standard InChI is InChI=1S/C13H13N3O2S/c17-12(15-13-16-14-8-19-13)7-11-10-4-2-1-3-9(10)5-6-18-11/h1-4,8,11H,5-7H2,(H,15,16,17). The van der Waals surface area contributed by atoms with Gasteiger partial charge in [0.2, 0.25) is 11.0 Å². The first-order valence-corrected chi connectivity index (χ1v) is 6.96. The molecule has 1 aliphatic rings. The Hall–Kier alpha value is -1.79. The average Bonchev–Trinajstić information content (AvgIpc) is 2.92. The molecule has 0 fully saturated rings. The molecule has 1 aromatic carbocycles. The lowest BCUT2D eigenvalue weighted by Crippen LogP contribution is -2.22.